The van der Waals surface area contributed by atoms with Crippen LogP contribution in [0.2, 0.25) is 10.0 Å². The van der Waals surface area contributed by atoms with E-state index in [2.05, 4.69) is 20.8 Å². The minimum Gasteiger partial charge on any atom is -0.494 e. The summed E-state index contributed by atoms with van der Waals surface area (Å²) in [5, 5.41) is 13.7. The molecule has 0 saturated carbocycles. The van der Waals surface area contributed by atoms with E-state index in [1.807, 2.05) is 11.5 Å². The van der Waals surface area contributed by atoms with Crippen LogP contribution >= 0.6 is 23.2 Å². The van der Waals surface area contributed by atoms with E-state index in [1.54, 1.807) is 18.5 Å². The number of halogens is 2. The molecule has 0 spiro atoms. The van der Waals surface area contributed by atoms with Gasteiger partial charge in [-0.05, 0) is 19.1 Å². The van der Waals surface area contributed by atoms with Crippen molar-refractivity contribution in [3.8, 4) is 5.75 Å². The largest absolute Gasteiger partial charge is 0.494 e. The molecular weight excluding hydrogens is 329 g/mol. The normalized spacial score (nSPS) is 10.4. The van der Waals surface area contributed by atoms with Crippen molar-refractivity contribution < 1.29 is 9.53 Å². The molecule has 2 amide bonds. The summed E-state index contributed by atoms with van der Waals surface area (Å²) in [5.41, 5.74) is 0.463. The number of urea groups is 1. The minimum atomic E-state index is -0.400. The van der Waals surface area contributed by atoms with Crippen LogP contribution in [0.25, 0.3) is 0 Å². The first-order chi connectivity index (χ1) is 10.5. The number of hydrogen-bond donors (Lipinski definition) is 2. The predicted molar refractivity (Wildman–Crippen MR) is 84.6 cm³/mol. The van der Waals surface area contributed by atoms with Crippen molar-refractivity contribution in [1.82, 2.24) is 20.1 Å². The van der Waals surface area contributed by atoms with Gasteiger partial charge in [0.25, 0.3) is 0 Å². The summed E-state index contributed by atoms with van der Waals surface area (Å²) in [6.45, 7) is 2.96. The number of rotatable bonds is 5. The van der Waals surface area contributed by atoms with Gasteiger partial charge in [0, 0.05) is 12.2 Å². The summed E-state index contributed by atoms with van der Waals surface area (Å²) in [4.78, 5) is 11.9. The lowest BCUT2D eigenvalue weighted by Gasteiger charge is -2.11. The zero-order valence-electron chi connectivity index (χ0n) is 12.1. The lowest BCUT2D eigenvalue weighted by atomic mass is 10.3. The summed E-state index contributed by atoms with van der Waals surface area (Å²) in [6, 6.07) is 2.71. The molecule has 0 saturated heterocycles. The quantitative estimate of drug-likeness (QED) is 0.874. The van der Waals surface area contributed by atoms with Gasteiger partial charge in [-0.1, -0.05) is 23.2 Å². The second-order valence-corrected chi connectivity index (χ2v) is 5.13. The number of anilines is 1. The highest BCUT2D eigenvalue weighted by atomic mass is 35.5. The molecule has 118 valence electrons. The number of amides is 2. The average Bonchev–Trinajstić information content (AvgIpc) is 2.92. The molecule has 0 radical (unpaired) electrons. The molecule has 0 aliphatic rings. The Labute approximate surface area is 137 Å². The van der Waals surface area contributed by atoms with Gasteiger partial charge in [-0.25, -0.2) is 4.79 Å². The fourth-order valence-electron chi connectivity index (χ4n) is 1.84. The maximum absolute atomic E-state index is 11.9. The SMILES string of the molecule is CCn1cnnc1CNC(=O)Nc1cc(Cl)c(OC)c(Cl)c1. The van der Waals surface area contributed by atoms with Crippen molar-refractivity contribution in [2.75, 3.05) is 12.4 Å². The summed E-state index contributed by atoms with van der Waals surface area (Å²) >= 11 is 12.0. The lowest BCUT2D eigenvalue weighted by molar-refractivity contribution is 0.251. The first kappa shape index (κ1) is 16.4. The highest BCUT2D eigenvalue weighted by Crippen LogP contribution is 2.35. The van der Waals surface area contributed by atoms with E-state index in [-0.39, 0.29) is 6.54 Å². The topological polar surface area (TPSA) is 81.1 Å². The molecule has 0 atom stereocenters. The van der Waals surface area contributed by atoms with Gasteiger partial charge < -0.3 is 19.9 Å². The van der Waals surface area contributed by atoms with Crippen LogP contribution in [0.4, 0.5) is 10.5 Å². The van der Waals surface area contributed by atoms with Crippen LogP contribution < -0.4 is 15.4 Å². The molecule has 2 aromatic rings. The monoisotopic (exact) mass is 343 g/mol. The molecule has 0 unspecified atom stereocenters. The van der Waals surface area contributed by atoms with Crippen LogP contribution in [0.3, 0.4) is 0 Å². The first-order valence-electron chi connectivity index (χ1n) is 6.49. The molecule has 7 nitrogen and oxygen atoms in total. The van der Waals surface area contributed by atoms with E-state index >= 15 is 0 Å². The number of nitrogens with one attached hydrogen (secondary N) is 2. The van der Waals surface area contributed by atoms with Crippen LogP contribution in [-0.4, -0.2) is 27.9 Å². The third kappa shape index (κ3) is 3.80. The molecule has 2 N–H and O–H groups in total. The number of ether oxygens (including phenoxy) is 1. The van der Waals surface area contributed by atoms with Crippen molar-refractivity contribution >= 4 is 34.9 Å². The van der Waals surface area contributed by atoms with Gasteiger partial charge in [-0.3, -0.25) is 0 Å². The third-order valence-electron chi connectivity index (χ3n) is 2.90. The Morgan fingerprint density at radius 1 is 1.36 bits per heavy atom. The van der Waals surface area contributed by atoms with Crippen molar-refractivity contribution in [1.29, 1.82) is 0 Å². The summed E-state index contributed by atoms with van der Waals surface area (Å²) in [7, 11) is 1.47. The van der Waals surface area contributed by atoms with Gasteiger partial charge in [0.05, 0.1) is 23.7 Å². The average molecular weight is 344 g/mol. The first-order valence-corrected chi connectivity index (χ1v) is 7.25. The Morgan fingerprint density at radius 2 is 2.05 bits per heavy atom. The number of aromatic nitrogens is 3. The van der Waals surface area contributed by atoms with Crippen molar-refractivity contribution in [3.05, 3.63) is 34.3 Å². The molecule has 1 aromatic heterocycles. The zero-order valence-corrected chi connectivity index (χ0v) is 13.6. The van der Waals surface area contributed by atoms with Gasteiger partial charge >= 0.3 is 6.03 Å². The Bertz CT molecular complexity index is 651. The molecular formula is C13H15Cl2N5O2. The maximum Gasteiger partial charge on any atom is 0.319 e. The number of benzene rings is 1. The zero-order chi connectivity index (χ0) is 16.1. The van der Waals surface area contributed by atoms with Crippen LogP contribution in [0.15, 0.2) is 18.5 Å². The van der Waals surface area contributed by atoms with E-state index in [0.717, 1.165) is 6.54 Å². The number of hydrogen-bond acceptors (Lipinski definition) is 4. The molecule has 9 heteroatoms. The van der Waals surface area contributed by atoms with Gasteiger partial charge in [-0.15, -0.1) is 10.2 Å². The van der Waals surface area contributed by atoms with E-state index in [1.165, 1.54) is 7.11 Å². The Balaban J connectivity index is 1.98. The third-order valence-corrected chi connectivity index (χ3v) is 3.47. The smallest absolute Gasteiger partial charge is 0.319 e. The molecule has 0 aliphatic carbocycles. The van der Waals surface area contributed by atoms with Gasteiger partial charge in [0.2, 0.25) is 0 Å². The summed E-state index contributed by atoms with van der Waals surface area (Å²) < 4.78 is 6.88. The van der Waals surface area contributed by atoms with E-state index in [0.29, 0.717) is 27.3 Å². The van der Waals surface area contributed by atoms with Crippen LogP contribution in [0.1, 0.15) is 12.7 Å². The fourth-order valence-corrected chi connectivity index (χ4v) is 2.48. The Hall–Kier alpha value is -1.99. The Morgan fingerprint density at radius 3 is 2.64 bits per heavy atom. The van der Waals surface area contributed by atoms with Gasteiger partial charge in [0.15, 0.2) is 11.6 Å². The molecule has 22 heavy (non-hydrogen) atoms. The van der Waals surface area contributed by atoms with Crippen molar-refractivity contribution in [3.63, 3.8) is 0 Å². The fraction of sp³-hybridized carbons (Fsp3) is 0.308. The second-order valence-electron chi connectivity index (χ2n) is 4.31. The van der Waals surface area contributed by atoms with Crippen molar-refractivity contribution in [2.45, 2.75) is 20.0 Å². The highest BCUT2D eigenvalue weighted by molar-refractivity contribution is 6.37. The molecule has 0 bridgehead atoms. The predicted octanol–water partition coefficient (Wildman–Crippen LogP) is 2.94. The van der Waals surface area contributed by atoms with Crippen LogP contribution in [-0.2, 0) is 13.1 Å². The number of nitrogens with zero attached hydrogens (tertiary/aromatic N) is 3. The van der Waals surface area contributed by atoms with Gasteiger partial charge in [-0.2, -0.15) is 0 Å². The van der Waals surface area contributed by atoms with Crippen LogP contribution in [0, 0.1) is 0 Å². The molecule has 1 heterocycles. The van der Waals surface area contributed by atoms with E-state index in [4.69, 9.17) is 27.9 Å². The summed E-state index contributed by atoms with van der Waals surface area (Å²) in [6.07, 6.45) is 1.61. The number of methoxy groups -OCH3 is 1. The standard InChI is InChI=1S/C13H15Cl2N5O2/c1-3-20-7-17-19-11(20)6-16-13(21)18-8-4-9(14)12(22-2)10(15)5-8/h4-5,7H,3,6H2,1-2H3,(H2,16,18,21). The van der Waals surface area contributed by atoms with E-state index in [9.17, 15) is 4.79 Å². The van der Waals surface area contributed by atoms with Crippen LogP contribution in [0.5, 0.6) is 5.75 Å². The second kappa shape index (κ2) is 7.33. The molecule has 0 fully saturated rings. The number of carbonyl (C=O) groups excluding carboxylic acids is 1. The number of carbonyl (C=O) groups is 1. The number of aryl methyl sites for hydroxylation is 1. The molecule has 1 aromatic carbocycles. The highest BCUT2D eigenvalue weighted by Gasteiger charge is 2.11. The minimum absolute atomic E-state index is 0.261. The molecule has 0 aliphatic heterocycles. The van der Waals surface area contributed by atoms with Gasteiger partial charge in [0.1, 0.15) is 6.33 Å². The summed E-state index contributed by atoms with van der Waals surface area (Å²) in [5.74, 6) is 1.04. The maximum atomic E-state index is 11.9. The van der Waals surface area contributed by atoms with E-state index < -0.39 is 6.03 Å². The Kier molecular flexibility index (Phi) is 5.46. The van der Waals surface area contributed by atoms with Crippen molar-refractivity contribution in [2.24, 2.45) is 0 Å². The lowest BCUT2D eigenvalue weighted by Crippen LogP contribution is -2.29. The molecule has 2 rings (SSSR count).